The topological polar surface area (TPSA) is 108 Å². The summed E-state index contributed by atoms with van der Waals surface area (Å²) >= 11 is 12.3. The average molecular weight is 470 g/mol. The number of hydrogen-bond acceptors (Lipinski definition) is 8. The van der Waals surface area contributed by atoms with Gasteiger partial charge < -0.3 is 24.3 Å². The molecule has 2 aromatic carbocycles. The fourth-order valence-corrected chi connectivity index (χ4v) is 3.12. The number of carbonyl (C=O) groups excluding carboxylic acids is 2. The Balaban J connectivity index is 2.41. The van der Waals surface area contributed by atoms with Crippen LogP contribution in [0.5, 0.6) is 23.0 Å². The summed E-state index contributed by atoms with van der Waals surface area (Å²) in [5.74, 6) is -0.223. The van der Waals surface area contributed by atoms with Crippen molar-refractivity contribution >= 4 is 46.3 Å². The van der Waals surface area contributed by atoms with Crippen molar-refractivity contribution in [3.05, 3.63) is 34.3 Å². The van der Waals surface area contributed by atoms with Crippen molar-refractivity contribution in [2.75, 3.05) is 33.8 Å². The highest BCUT2D eigenvalue weighted by atomic mass is 35.5. The summed E-state index contributed by atoms with van der Waals surface area (Å²) in [6.45, 7) is 1.21. The van der Waals surface area contributed by atoms with Crippen LogP contribution in [0, 0.1) is 0 Å². The van der Waals surface area contributed by atoms with Gasteiger partial charge in [0.05, 0.1) is 44.2 Å². The zero-order chi connectivity index (χ0) is 23.1. The number of methoxy groups -OCH3 is 4. The largest absolute Gasteiger partial charge is 0.497 e. The van der Waals surface area contributed by atoms with E-state index in [9.17, 15) is 9.59 Å². The number of anilines is 1. The molecule has 0 bridgehead atoms. The molecule has 0 heterocycles. The van der Waals surface area contributed by atoms with Crippen molar-refractivity contribution in [2.45, 2.75) is 13.0 Å². The lowest BCUT2D eigenvalue weighted by molar-refractivity contribution is -0.126. The molecule has 1 atom stereocenters. The van der Waals surface area contributed by atoms with Crippen LogP contribution in [0.1, 0.15) is 6.92 Å². The minimum absolute atomic E-state index is 0.138. The summed E-state index contributed by atoms with van der Waals surface area (Å²) < 4.78 is 20.9. The first kappa shape index (κ1) is 24.2. The van der Waals surface area contributed by atoms with Gasteiger partial charge in [-0.15, -0.1) is 5.11 Å². The second-order valence-corrected chi connectivity index (χ2v) is 6.85. The van der Waals surface area contributed by atoms with Gasteiger partial charge in [-0.1, -0.05) is 23.2 Å². The molecule has 1 unspecified atom stereocenters. The summed E-state index contributed by atoms with van der Waals surface area (Å²) in [5.41, 5.74) is 0.342. The van der Waals surface area contributed by atoms with Gasteiger partial charge in [-0.25, -0.2) is 0 Å². The van der Waals surface area contributed by atoms with Crippen LogP contribution in [0.15, 0.2) is 34.5 Å². The molecular formula is C20H21Cl2N3O6. The maximum Gasteiger partial charge on any atom is 0.258 e. The van der Waals surface area contributed by atoms with Crippen LogP contribution in [0.4, 0.5) is 11.4 Å². The molecule has 2 rings (SSSR count). The first-order chi connectivity index (χ1) is 14.8. The van der Waals surface area contributed by atoms with E-state index in [4.69, 9.17) is 42.1 Å². The average Bonchev–Trinajstić information content (AvgIpc) is 2.73. The van der Waals surface area contributed by atoms with E-state index in [2.05, 4.69) is 15.5 Å². The third-order valence-corrected chi connectivity index (χ3v) is 4.67. The zero-order valence-electron chi connectivity index (χ0n) is 17.5. The Labute approximate surface area is 189 Å². The fourth-order valence-electron chi connectivity index (χ4n) is 2.60. The van der Waals surface area contributed by atoms with E-state index in [-0.39, 0.29) is 32.9 Å². The number of nitrogens with zero attached hydrogens (tertiary/aromatic N) is 2. The summed E-state index contributed by atoms with van der Waals surface area (Å²) in [6, 6.07) is 4.68. The summed E-state index contributed by atoms with van der Waals surface area (Å²) in [5, 5.41) is 11.0. The van der Waals surface area contributed by atoms with Gasteiger partial charge in [0.2, 0.25) is 6.04 Å². The summed E-state index contributed by atoms with van der Waals surface area (Å²) in [7, 11) is 5.66. The Morgan fingerprint density at radius 3 is 2.16 bits per heavy atom. The molecule has 1 amide bonds. The Kier molecular flexibility index (Phi) is 8.47. The Bertz CT molecular complexity index is 1010. The SMILES string of the molecule is COc1cc(Cl)c(OC)c(NC(=O)C(N=Nc2c(OC)ccc(Cl)c2OC)C(C)=O)c1. The quantitative estimate of drug-likeness (QED) is 0.420. The van der Waals surface area contributed by atoms with Gasteiger partial charge in [0.1, 0.15) is 11.5 Å². The van der Waals surface area contributed by atoms with Gasteiger partial charge in [0, 0.05) is 12.1 Å². The lowest BCUT2D eigenvalue weighted by Crippen LogP contribution is -2.32. The number of benzene rings is 2. The molecule has 0 spiro atoms. The molecule has 9 nitrogen and oxygen atoms in total. The molecule has 11 heteroatoms. The number of Topliss-reactive ketones (excluding diaryl/α,β-unsaturated/α-hetero) is 1. The van der Waals surface area contributed by atoms with Crippen molar-refractivity contribution < 1.29 is 28.5 Å². The molecule has 0 aliphatic carbocycles. The van der Waals surface area contributed by atoms with Crippen LogP contribution in [-0.2, 0) is 9.59 Å². The van der Waals surface area contributed by atoms with Crippen LogP contribution >= 0.6 is 23.2 Å². The lowest BCUT2D eigenvalue weighted by Gasteiger charge is -2.15. The van der Waals surface area contributed by atoms with Gasteiger partial charge >= 0.3 is 0 Å². The number of nitrogens with one attached hydrogen (secondary N) is 1. The monoisotopic (exact) mass is 469 g/mol. The Morgan fingerprint density at radius 2 is 1.61 bits per heavy atom. The number of carbonyl (C=O) groups is 2. The van der Waals surface area contributed by atoms with Gasteiger partial charge in [-0.05, 0) is 19.1 Å². The second-order valence-electron chi connectivity index (χ2n) is 6.04. The fraction of sp³-hybridized carbons (Fsp3) is 0.300. The standard InChI is InChI=1S/C20H21Cl2N3O6/c1-10(26)16(24-25-17-15(29-3)7-6-12(21)19(17)31-5)20(27)23-14-9-11(28-2)8-13(22)18(14)30-4/h6-9,16H,1-5H3,(H,23,27). The highest BCUT2D eigenvalue weighted by molar-refractivity contribution is 6.33. The predicted octanol–water partition coefficient (Wildman–Crippen LogP) is 4.71. The first-order valence-electron chi connectivity index (χ1n) is 8.81. The van der Waals surface area contributed by atoms with Crippen LogP contribution in [-0.4, -0.2) is 46.2 Å². The predicted molar refractivity (Wildman–Crippen MR) is 117 cm³/mol. The number of halogens is 2. The maximum absolute atomic E-state index is 12.8. The van der Waals surface area contributed by atoms with Crippen molar-refractivity contribution in [3.8, 4) is 23.0 Å². The van der Waals surface area contributed by atoms with Crippen molar-refractivity contribution in [2.24, 2.45) is 10.2 Å². The van der Waals surface area contributed by atoms with Gasteiger partial charge in [-0.2, -0.15) is 5.11 Å². The maximum atomic E-state index is 12.8. The molecule has 0 aliphatic rings. The first-order valence-corrected chi connectivity index (χ1v) is 9.57. The van der Waals surface area contributed by atoms with Gasteiger partial charge in [0.25, 0.3) is 5.91 Å². The normalized spacial score (nSPS) is 11.7. The van der Waals surface area contributed by atoms with E-state index >= 15 is 0 Å². The number of hydrogen-bond donors (Lipinski definition) is 1. The smallest absolute Gasteiger partial charge is 0.258 e. The van der Waals surface area contributed by atoms with Gasteiger partial charge in [0.15, 0.2) is 23.0 Å². The minimum atomic E-state index is -1.47. The Hall–Kier alpha value is -3.04. The molecule has 31 heavy (non-hydrogen) atoms. The highest BCUT2D eigenvalue weighted by Crippen LogP contribution is 2.43. The molecule has 0 radical (unpaired) electrons. The molecule has 2 aromatic rings. The Morgan fingerprint density at radius 1 is 0.935 bits per heavy atom. The van der Waals surface area contributed by atoms with Crippen molar-refractivity contribution in [1.29, 1.82) is 0 Å². The number of rotatable bonds is 9. The molecular weight excluding hydrogens is 449 g/mol. The van der Waals surface area contributed by atoms with Crippen LogP contribution in [0.25, 0.3) is 0 Å². The minimum Gasteiger partial charge on any atom is -0.497 e. The molecule has 166 valence electrons. The molecule has 0 aromatic heterocycles. The van der Waals surface area contributed by atoms with E-state index < -0.39 is 17.7 Å². The second kappa shape index (κ2) is 10.8. The number of azo groups is 1. The molecule has 0 aliphatic heterocycles. The van der Waals surface area contributed by atoms with Crippen LogP contribution in [0.3, 0.4) is 0 Å². The number of ether oxygens (including phenoxy) is 4. The van der Waals surface area contributed by atoms with Crippen molar-refractivity contribution in [3.63, 3.8) is 0 Å². The van der Waals surface area contributed by atoms with Crippen LogP contribution < -0.4 is 24.3 Å². The summed E-state index contributed by atoms with van der Waals surface area (Å²) in [6.07, 6.45) is 0. The third kappa shape index (κ3) is 5.56. The van der Waals surface area contributed by atoms with E-state index in [0.717, 1.165) is 0 Å². The summed E-state index contributed by atoms with van der Waals surface area (Å²) in [4.78, 5) is 24.9. The van der Waals surface area contributed by atoms with E-state index in [1.54, 1.807) is 12.1 Å². The van der Waals surface area contributed by atoms with E-state index in [0.29, 0.717) is 11.5 Å². The van der Waals surface area contributed by atoms with E-state index in [1.807, 2.05) is 0 Å². The molecule has 0 saturated heterocycles. The zero-order valence-corrected chi connectivity index (χ0v) is 19.0. The third-order valence-electron chi connectivity index (χ3n) is 4.09. The number of amides is 1. The van der Waals surface area contributed by atoms with Crippen molar-refractivity contribution in [1.82, 2.24) is 0 Å². The van der Waals surface area contributed by atoms with Gasteiger partial charge in [-0.3, -0.25) is 9.59 Å². The van der Waals surface area contributed by atoms with Crippen LogP contribution in [0.2, 0.25) is 10.0 Å². The molecule has 0 saturated carbocycles. The molecule has 1 N–H and O–H groups in total. The van der Waals surface area contributed by atoms with E-state index in [1.165, 1.54) is 47.5 Å². The molecule has 0 fully saturated rings. The lowest BCUT2D eigenvalue weighted by atomic mass is 10.2. The number of ketones is 1. The highest BCUT2D eigenvalue weighted by Gasteiger charge is 2.26.